The highest BCUT2D eigenvalue weighted by atomic mass is 19.4. The van der Waals surface area contributed by atoms with Crippen molar-refractivity contribution >= 4 is 12.7 Å². The normalized spacial score (nSPS) is 11.4. The van der Waals surface area contributed by atoms with Gasteiger partial charge in [0.25, 0.3) is 0 Å². The Morgan fingerprint density at radius 2 is 2.00 bits per heavy atom. The molecular formula is C9H11BF3NO2. The molecule has 0 aromatic heterocycles. The van der Waals surface area contributed by atoms with Gasteiger partial charge in [0.1, 0.15) is 0 Å². The minimum atomic E-state index is -4.44. The van der Waals surface area contributed by atoms with E-state index in [4.69, 9.17) is 10.1 Å². The molecule has 1 aromatic rings. The van der Waals surface area contributed by atoms with Crippen LogP contribution in [0.2, 0.25) is 6.82 Å². The molecule has 0 heterocycles. The summed E-state index contributed by atoms with van der Waals surface area (Å²) in [7, 11) is -0.901. The third-order valence-electron chi connectivity index (χ3n) is 1.97. The molecular weight excluding hydrogens is 222 g/mol. The number of hydrogen-bond acceptors (Lipinski definition) is 3. The first-order valence-corrected chi connectivity index (χ1v) is 4.60. The van der Waals surface area contributed by atoms with E-state index < -0.39 is 25.4 Å². The van der Waals surface area contributed by atoms with E-state index in [-0.39, 0.29) is 11.3 Å². The summed E-state index contributed by atoms with van der Waals surface area (Å²) in [5.74, 6) is 0. The molecule has 0 bridgehead atoms. The molecule has 0 aliphatic carbocycles. The molecule has 0 saturated heterocycles. The quantitative estimate of drug-likeness (QED) is 0.696. The summed E-state index contributed by atoms with van der Waals surface area (Å²) in [6, 6.07) is 2.93. The molecule has 16 heavy (non-hydrogen) atoms. The number of benzene rings is 1. The first-order chi connectivity index (χ1) is 7.34. The Morgan fingerprint density at radius 1 is 1.38 bits per heavy atom. The summed E-state index contributed by atoms with van der Waals surface area (Å²) in [5, 5.41) is 20.5. The molecule has 0 unspecified atom stereocenters. The molecule has 0 amide bonds. The second-order valence-corrected chi connectivity index (χ2v) is 3.35. The Hall–Kier alpha value is -1.21. The smallest absolute Gasteiger partial charge is 0.416 e. The molecule has 88 valence electrons. The Kier molecular flexibility index (Phi) is 3.82. The number of anilines is 1. The number of aliphatic hydroxyl groups excluding tert-OH is 1. The Balaban J connectivity index is 3.07. The summed E-state index contributed by atoms with van der Waals surface area (Å²) in [5.41, 5.74) is -0.450. The SMILES string of the molecule is CB(O)Nc1ccc(C(F)(F)F)cc1CO. The second-order valence-electron chi connectivity index (χ2n) is 3.35. The molecule has 0 aliphatic heterocycles. The van der Waals surface area contributed by atoms with Crippen LogP contribution >= 0.6 is 0 Å². The van der Waals surface area contributed by atoms with Crippen LogP contribution in [0.3, 0.4) is 0 Å². The lowest BCUT2D eigenvalue weighted by atomic mass is 9.87. The summed E-state index contributed by atoms with van der Waals surface area (Å²) in [4.78, 5) is 0. The van der Waals surface area contributed by atoms with Crippen LogP contribution in [0, 0.1) is 0 Å². The Bertz CT molecular complexity index is 368. The van der Waals surface area contributed by atoms with Gasteiger partial charge in [0, 0.05) is 11.3 Å². The van der Waals surface area contributed by atoms with E-state index in [1.807, 2.05) is 0 Å². The van der Waals surface area contributed by atoms with Crippen molar-refractivity contribution in [2.45, 2.75) is 19.6 Å². The molecule has 0 fully saturated rings. The van der Waals surface area contributed by atoms with Crippen molar-refractivity contribution in [3.8, 4) is 0 Å². The third-order valence-corrected chi connectivity index (χ3v) is 1.97. The van der Waals surface area contributed by atoms with E-state index in [1.165, 1.54) is 12.9 Å². The van der Waals surface area contributed by atoms with Crippen LogP contribution in [0.15, 0.2) is 18.2 Å². The largest absolute Gasteiger partial charge is 0.433 e. The molecule has 3 N–H and O–H groups in total. The number of halogens is 3. The minimum absolute atomic E-state index is 0.0933. The molecule has 0 radical (unpaired) electrons. The van der Waals surface area contributed by atoms with Gasteiger partial charge in [0.15, 0.2) is 0 Å². The van der Waals surface area contributed by atoms with E-state index in [0.717, 1.165) is 12.1 Å². The first-order valence-electron chi connectivity index (χ1n) is 4.60. The van der Waals surface area contributed by atoms with Crippen LogP contribution in [0.1, 0.15) is 11.1 Å². The number of alkyl halides is 3. The zero-order chi connectivity index (χ0) is 12.3. The van der Waals surface area contributed by atoms with Gasteiger partial charge in [-0.1, -0.05) is 0 Å². The molecule has 7 heteroatoms. The number of nitrogens with one attached hydrogen (secondary N) is 1. The van der Waals surface area contributed by atoms with Crippen LogP contribution < -0.4 is 5.23 Å². The topological polar surface area (TPSA) is 52.5 Å². The lowest BCUT2D eigenvalue weighted by Crippen LogP contribution is -2.20. The van der Waals surface area contributed by atoms with Crippen LogP contribution in [-0.2, 0) is 12.8 Å². The van der Waals surface area contributed by atoms with Crippen LogP contribution in [-0.4, -0.2) is 17.2 Å². The van der Waals surface area contributed by atoms with Crippen molar-refractivity contribution < 1.29 is 23.3 Å². The molecule has 1 aromatic carbocycles. The van der Waals surface area contributed by atoms with Crippen LogP contribution in [0.4, 0.5) is 18.9 Å². The Morgan fingerprint density at radius 3 is 2.44 bits per heavy atom. The Labute approximate surface area is 91.0 Å². The van der Waals surface area contributed by atoms with Gasteiger partial charge in [-0.05, 0) is 25.0 Å². The maximum Gasteiger partial charge on any atom is 0.416 e. The summed E-state index contributed by atoms with van der Waals surface area (Å²) < 4.78 is 37.0. The predicted molar refractivity (Wildman–Crippen MR) is 54.8 cm³/mol. The van der Waals surface area contributed by atoms with Crippen LogP contribution in [0.25, 0.3) is 0 Å². The van der Waals surface area contributed by atoms with Gasteiger partial charge in [-0.2, -0.15) is 13.2 Å². The first kappa shape index (κ1) is 12.9. The molecule has 0 spiro atoms. The highest BCUT2D eigenvalue weighted by molar-refractivity contribution is 6.52. The van der Waals surface area contributed by atoms with E-state index in [9.17, 15) is 13.2 Å². The molecule has 0 saturated carbocycles. The average Bonchev–Trinajstić information content (AvgIpc) is 2.15. The van der Waals surface area contributed by atoms with Gasteiger partial charge in [0.05, 0.1) is 12.2 Å². The average molecular weight is 233 g/mol. The summed E-state index contributed by atoms with van der Waals surface area (Å²) in [6.07, 6.45) is -4.44. The van der Waals surface area contributed by atoms with Gasteiger partial charge in [0.2, 0.25) is 0 Å². The lowest BCUT2D eigenvalue weighted by molar-refractivity contribution is -0.137. The third kappa shape index (κ3) is 3.14. The van der Waals surface area contributed by atoms with Crippen molar-refractivity contribution in [3.63, 3.8) is 0 Å². The summed E-state index contributed by atoms with van der Waals surface area (Å²) >= 11 is 0. The maximum atomic E-state index is 12.3. The van der Waals surface area contributed by atoms with Gasteiger partial charge < -0.3 is 15.4 Å². The molecule has 3 nitrogen and oxygen atoms in total. The van der Waals surface area contributed by atoms with Crippen molar-refractivity contribution in [2.75, 3.05) is 5.23 Å². The minimum Gasteiger partial charge on any atom is -0.433 e. The molecule has 1 rings (SSSR count). The lowest BCUT2D eigenvalue weighted by Gasteiger charge is -2.14. The van der Waals surface area contributed by atoms with E-state index in [2.05, 4.69) is 5.23 Å². The predicted octanol–water partition coefficient (Wildman–Crippen LogP) is 1.72. The second kappa shape index (κ2) is 4.75. The fourth-order valence-corrected chi connectivity index (χ4v) is 1.27. The highest BCUT2D eigenvalue weighted by Crippen LogP contribution is 2.31. The van der Waals surface area contributed by atoms with Gasteiger partial charge >= 0.3 is 13.2 Å². The van der Waals surface area contributed by atoms with E-state index in [1.54, 1.807) is 0 Å². The number of aliphatic hydroxyl groups is 1. The standard InChI is InChI=1S/C9H11BF3NO2/c1-10(16)14-8-3-2-7(9(11,12)13)4-6(8)5-15/h2-4,14-16H,5H2,1H3. The van der Waals surface area contributed by atoms with Crippen molar-refractivity contribution in [2.24, 2.45) is 0 Å². The molecule has 0 atom stereocenters. The van der Waals surface area contributed by atoms with Gasteiger partial charge in [-0.3, -0.25) is 0 Å². The van der Waals surface area contributed by atoms with Crippen LogP contribution in [0.5, 0.6) is 0 Å². The fourth-order valence-electron chi connectivity index (χ4n) is 1.27. The zero-order valence-corrected chi connectivity index (χ0v) is 8.54. The number of hydrogen-bond donors (Lipinski definition) is 3. The van der Waals surface area contributed by atoms with Gasteiger partial charge in [-0.15, -0.1) is 0 Å². The van der Waals surface area contributed by atoms with Crippen molar-refractivity contribution in [1.29, 1.82) is 0 Å². The zero-order valence-electron chi connectivity index (χ0n) is 8.54. The maximum absolute atomic E-state index is 12.3. The summed E-state index contributed by atoms with van der Waals surface area (Å²) in [6.45, 7) is 0.901. The fraction of sp³-hybridized carbons (Fsp3) is 0.333. The van der Waals surface area contributed by atoms with E-state index in [0.29, 0.717) is 0 Å². The van der Waals surface area contributed by atoms with Crippen molar-refractivity contribution in [3.05, 3.63) is 29.3 Å². The number of rotatable bonds is 3. The van der Waals surface area contributed by atoms with E-state index >= 15 is 0 Å². The monoisotopic (exact) mass is 233 g/mol. The highest BCUT2D eigenvalue weighted by Gasteiger charge is 2.30. The van der Waals surface area contributed by atoms with Crippen molar-refractivity contribution in [1.82, 2.24) is 0 Å². The van der Waals surface area contributed by atoms with Gasteiger partial charge in [-0.25, -0.2) is 0 Å². The molecule has 0 aliphatic rings.